The van der Waals surface area contributed by atoms with Gasteiger partial charge in [0.15, 0.2) is 0 Å². The summed E-state index contributed by atoms with van der Waals surface area (Å²) >= 11 is 2.44. The molecule has 0 aromatic carbocycles. The van der Waals surface area contributed by atoms with E-state index in [4.69, 9.17) is 5.73 Å². The Labute approximate surface area is 75.6 Å². The van der Waals surface area contributed by atoms with E-state index in [2.05, 4.69) is 32.9 Å². The summed E-state index contributed by atoms with van der Waals surface area (Å²) in [5.41, 5.74) is 6.25. The largest absolute Gasteiger partial charge is 0.330 e. The molecule has 2 unspecified atom stereocenters. The van der Waals surface area contributed by atoms with E-state index in [9.17, 15) is 0 Å². The summed E-state index contributed by atoms with van der Waals surface area (Å²) in [6.07, 6.45) is 2.66. The van der Waals surface area contributed by atoms with Crippen LogP contribution in [0.15, 0.2) is 0 Å². The average Bonchev–Trinajstić information content (AvgIpc) is 2.57. The fourth-order valence-electron chi connectivity index (χ4n) is 2.18. The molecule has 0 amide bonds. The monoisotopic (exact) mass is 252 g/mol. The van der Waals surface area contributed by atoms with Gasteiger partial charge in [-0.2, -0.15) is 0 Å². The first-order valence-corrected chi connectivity index (χ1v) is 4.80. The molecule has 2 nitrogen and oxygen atoms in total. The fraction of sp³-hybridized carbons (Fsp3) is 1.00. The summed E-state index contributed by atoms with van der Waals surface area (Å²) in [5, 5.41) is 0. The van der Waals surface area contributed by atoms with Crippen molar-refractivity contribution in [2.75, 3.05) is 6.54 Å². The van der Waals surface area contributed by atoms with Crippen LogP contribution in [-0.2, 0) is 0 Å². The Bertz CT molecular complexity index is 162. The third-order valence-electron chi connectivity index (χ3n) is 2.97. The molecule has 3 atom stereocenters. The smallest absolute Gasteiger partial charge is 0.0273 e. The van der Waals surface area contributed by atoms with Crippen LogP contribution >= 0.6 is 22.9 Å². The summed E-state index contributed by atoms with van der Waals surface area (Å²) in [6, 6.07) is 1.57. The molecular formula is C7H13IN2. The van der Waals surface area contributed by atoms with E-state index < -0.39 is 0 Å². The third-order valence-corrected chi connectivity index (χ3v) is 4.60. The van der Waals surface area contributed by atoms with E-state index >= 15 is 0 Å². The lowest BCUT2D eigenvalue weighted by Crippen LogP contribution is -2.18. The van der Waals surface area contributed by atoms with Crippen molar-refractivity contribution in [2.45, 2.75) is 31.8 Å². The van der Waals surface area contributed by atoms with Crippen LogP contribution in [0, 0.1) is 5.41 Å². The van der Waals surface area contributed by atoms with Gasteiger partial charge < -0.3 is 5.73 Å². The number of hydrogen-bond acceptors (Lipinski definition) is 2. The van der Waals surface area contributed by atoms with Gasteiger partial charge in [0, 0.05) is 40.4 Å². The zero-order valence-electron chi connectivity index (χ0n) is 6.18. The van der Waals surface area contributed by atoms with Gasteiger partial charge in [0.05, 0.1) is 0 Å². The molecule has 0 aromatic heterocycles. The quantitative estimate of drug-likeness (QED) is 0.560. The maximum atomic E-state index is 5.70. The lowest BCUT2D eigenvalue weighted by atomic mass is 10.0. The van der Waals surface area contributed by atoms with Crippen molar-refractivity contribution in [3.05, 3.63) is 0 Å². The van der Waals surface area contributed by atoms with E-state index in [-0.39, 0.29) is 0 Å². The molecule has 1 saturated heterocycles. The fourth-order valence-corrected chi connectivity index (χ4v) is 3.16. The predicted molar refractivity (Wildman–Crippen MR) is 49.8 cm³/mol. The number of rotatable bonds is 1. The molecule has 0 spiro atoms. The van der Waals surface area contributed by atoms with Crippen molar-refractivity contribution >= 4 is 22.9 Å². The molecule has 2 N–H and O–H groups in total. The first-order chi connectivity index (χ1) is 4.69. The minimum Gasteiger partial charge on any atom is -0.330 e. The molecule has 58 valence electrons. The van der Waals surface area contributed by atoms with Crippen LogP contribution < -0.4 is 5.73 Å². The van der Waals surface area contributed by atoms with Gasteiger partial charge in [0.25, 0.3) is 0 Å². The highest BCUT2D eigenvalue weighted by molar-refractivity contribution is 14.1. The molecule has 3 heteroatoms. The normalized spacial score (nSPS) is 53.1. The van der Waals surface area contributed by atoms with Gasteiger partial charge in [-0.15, -0.1) is 0 Å². The zero-order valence-corrected chi connectivity index (χ0v) is 8.34. The average molecular weight is 252 g/mol. The van der Waals surface area contributed by atoms with E-state index in [1.54, 1.807) is 0 Å². The van der Waals surface area contributed by atoms with Crippen LogP contribution in [0.2, 0.25) is 0 Å². The van der Waals surface area contributed by atoms with E-state index in [1.807, 2.05) is 0 Å². The topological polar surface area (TPSA) is 29.3 Å². The van der Waals surface area contributed by atoms with Crippen LogP contribution in [-0.4, -0.2) is 21.7 Å². The minimum atomic E-state index is 0.542. The summed E-state index contributed by atoms with van der Waals surface area (Å²) < 4.78 is 2.45. The second-order valence-corrected chi connectivity index (χ2v) is 4.80. The van der Waals surface area contributed by atoms with Gasteiger partial charge in [0.1, 0.15) is 0 Å². The van der Waals surface area contributed by atoms with Gasteiger partial charge in [-0.1, -0.05) is 0 Å². The van der Waals surface area contributed by atoms with Crippen LogP contribution in [0.5, 0.6) is 0 Å². The minimum absolute atomic E-state index is 0.542. The van der Waals surface area contributed by atoms with Crippen LogP contribution in [0.1, 0.15) is 19.8 Å². The van der Waals surface area contributed by atoms with Gasteiger partial charge in [-0.3, -0.25) is 0 Å². The van der Waals surface area contributed by atoms with Crippen LogP contribution in [0.4, 0.5) is 0 Å². The number of fused-ring (bicyclic) bond motifs is 1. The van der Waals surface area contributed by atoms with Gasteiger partial charge >= 0.3 is 0 Å². The molecule has 1 saturated carbocycles. The number of nitrogens with two attached hydrogens (primary N) is 1. The lowest BCUT2D eigenvalue weighted by Gasteiger charge is -2.14. The second-order valence-electron chi connectivity index (χ2n) is 3.68. The highest BCUT2D eigenvalue weighted by Crippen LogP contribution is 2.59. The third kappa shape index (κ3) is 0.769. The Balaban J connectivity index is 2.11. The molecule has 0 aromatic rings. The highest BCUT2D eigenvalue weighted by Gasteiger charge is 2.62. The lowest BCUT2D eigenvalue weighted by molar-refractivity contribution is 0.431. The summed E-state index contributed by atoms with van der Waals surface area (Å²) in [4.78, 5) is 0. The van der Waals surface area contributed by atoms with Crippen LogP contribution in [0.3, 0.4) is 0 Å². The predicted octanol–water partition coefficient (Wildman–Crippen LogP) is 1.15. The van der Waals surface area contributed by atoms with E-state index in [0.717, 1.165) is 18.6 Å². The SMILES string of the molecule is C[C@@H]1CC2(CN)CC2N1I. The van der Waals surface area contributed by atoms with Crippen molar-refractivity contribution in [1.29, 1.82) is 0 Å². The summed E-state index contributed by atoms with van der Waals surface area (Å²) in [7, 11) is 0. The summed E-state index contributed by atoms with van der Waals surface area (Å²) in [5.74, 6) is 0. The Hall–Kier alpha value is 0.650. The molecular weight excluding hydrogens is 239 g/mol. The number of nitrogens with zero attached hydrogens (tertiary/aromatic N) is 1. The maximum Gasteiger partial charge on any atom is 0.0273 e. The standard InChI is InChI=1S/C7H13IN2/c1-5-2-7(4-9)3-6(7)10(5)8/h5-6H,2-4,9H2,1H3/t5-,6?,7?/m1/s1. The van der Waals surface area contributed by atoms with Gasteiger partial charge in [-0.05, 0) is 26.3 Å². The molecule has 2 aliphatic rings. The van der Waals surface area contributed by atoms with Crippen molar-refractivity contribution in [2.24, 2.45) is 11.1 Å². The molecule has 1 heterocycles. The van der Waals surface area contributed by atoms with Crippen molar-refractivity contribution in [3.63, 3.8) is 0 Å². The molecule has 1 aliphatic heterocycles. The summed E-state index contributed by atoms with van der Waals surface area (Å²) in [6.45, 7) is 3.18. The molecule has 1 aliphatic carbocycles. The molecule has 10 heavy (non-hydrogen) atoms. The van der Waals surface area contributed by atoms with Gasteiger partial charge in [0.2, 0.25) is 0 Å². The van der Waals surface area contributed by atoms with E-state index in [1.165, 1.54) is 12.8 Å². The Morgan fingerprint density at radius 3 is 2.70 bits per heavy atom. The highest BCUT2D eigenvalue weighted by atomic mass is 127. The Morgan fingerprint density at radius 1 is 1.70 bits per heavy atom. The number of halogens is 1. The van der Waals surface area contributed by atoms with Crippen molar-refractivity contribution in [1.82, 2.24) is 3.11 Å². The maximum absolute atomic E-state index is 5.70. The first kappa shape index (κ1) is 7.31. The van der Waals surface area contributed by atoms with Crippen molar-refractivity contribution < 1.29 is 0 Å². The number of piperidine rings is 1. The zero-order chi connectivity index (χ0) is 7.35. The number of hydrogen-bond donors (Lipinski definition) is 1. The Kier molecular flexibility index (Phi) is 1.52. The van der Waals surface area contributed by atoms with Crippen LogP contribution in [0.25, 0.3) is 0 Å². The molecule has 2 rings (SSSR count). The van der Waals surface area contributed by atoms with Crippen molar-refractivity contribution in [3.8, 4) is 0 Å². The van der Waals surface area contributed by atoms with Gasteiger partial charge in [-0.25, -0.2) is 3.11 Å². The second kappa shape index (κ2) is 2.08. The Morgan fingerprint density at radius 2 is 2.40 bits per heavy atom. The molecule has 0 radical (unpaired) electrons. The molecule has 0 bridgehead atoms. The molecule has 2 fully saturated rings. The van der Waals surface area contributed by atoms with E-state index in [0.29, 0.717) is 5.41 Å². The first-order valence-electron chi connectivity index (χ1n) is 3.84.